The van der Waals surface area contributed by atoms with Gasteiger partial charge >= 0.3 is 0 Å². The molecule has 15 heavy (non-hydrogen) atoms. The third-order valence-corrected chi connectivity index (χ3v) is 2.24. The number of oxazole rings is 1. The van der Waals surface area contributed by atoms with Gasteiger partial charge in [0.2, 0.25) is 0 Å². The van der Waals surface area contributed by atoms with E-state index in [1.165, 1.54) is 0 Å². The van der Waals surface area contributed by atoms with Crippen LogP contribution in [0.25, 0.3) is 22.6 Å². The van der Waals surface area contributed by atoms with Crippen molar-refractivity contribution < 1.29 is 4.42 Å². The number of rotatable bonds is 1. The highest BCUT2D eigenvalue weighted by molar-refractivity contribution is 5.78. The van der Waals surface area contributed by atoms with Gasteiger partial charge in [-0.05, 0) is 12.1 Å². The first-order valence-corrected chi connectivity index (χ1v) is 4.70. The Morgan fingerprint density at radius 3 is 2.87 bits per heavy atom. The Hall–Kier alpha value is -2.10. The SMILES string of the molecule is Cc1ncc(-c2nc3ccccc3[nH]2)o1. The van der Waals surface area contributed by atoms with Crippen LogP contribution in [0.1, 0.15) is 5.89 Å². The average molecular weight is 199 g/mol. The Bertz CT molecular complexity index is 576. The van der Waals surface area contributed by atoms with Crippen LogP contribution in [0.5, 0.6) is 0 Å². The van der Waals surface area contributed by atoms with Crippen LogP contribution in [-0.2, 0) is 0 Å². The van der Waals surface area contributed by atoms with Gasteiger partial charge in [0.1, 0.15) is 0 Å². The number of para-hydroxylation sites is 2. The highest BCUT2D eigenvalue weighted by Crippen LogP contribution is 2.20. The lowest BCUT2D eigenvalue weighted by Crippen LogP contribution is -1.74. The number of aromatic amines is 1. The molecule has 0 fully saturated rings. The van der Waals surface area contributed by atoms with Gasteiger partial charge in [-0.25, -0.2) is 9.97 Å². The number of H-pyrrole nitrogens is 1. The van der Waals surface area contributed by atoms with Crippen molar-refractivity contribution in [1.82, 2.24) is 15.0 Å². The van der Waals surface area contributed by atoms with E-state index in [9.17, 15) is 0 Å². The Labute approximate surface area is 86.0 Å². The Morgan fingerprint density at radius 2 is 2.13 bits per heavy atom. The molecule has 1 N–H and O–H groups in total. The molecule has 4 nitrogen and oxygen atoms in total. The molecule has 0 radical (unpaired) electrons. The van der Waals surface area contributed by atoms with E-state index in [2.05, 4.69) is 15.0 Å². The monoisotopic (exact) mass is 199 g/mol. The standard InChI is InChI=1S/C11H9N3O/c1-7-12-6-10(15-7)11-13-8-4-2-3-5-9(8)14-11/h2-6H,1H3,(H,13,14). The lowest BCUT2D eigenvalue weighted by Gasteiger charge is -1.85. The minimum absolute atomic E-state index is 0.644. The minimum Gasteiger partial charge on any atom is -0.438 e. The van der Waals surface area contributed by atoms with Gasteiger partial charge in [0.25, 0.3) is 0 Å². The number of nitrogens with one attached hydrogen (secondary N) is 1. The molecule has 0 saturated heterocycles. The van der Waals surface area contributed by atoms with Crippen LogP contribution in [0.3, 0.4) is 0 Å². The highest BCUT2D eigenvalue weighted by atomic mass is 16.4. The zero-order valence-electron chi connectivity index (χ0n) is 8.19. The normalized spacial score (nSPS) is 11.0. The first-order valence-electron chi connectivity index (χ1n) is 4.70. The molecule has 0 aliphatic heterocycles. The molecular weight excluding hydrogens is 190 g/mol. The summed E-state index contributed by atoms with van der Waals surface area (Å²) in [5, 5.41) is 0. The van der Waals surface area contributed by atoms with Crippen molar-refractivity contribution in [2.45, 2.75) is 6.92 Å². The molecule has 4 heteroatoms. The van der Waals surface area contributed by atoms with Gasteiger partial charge in [0, 0.05) is 6.92 Å². The molecule has 3 rings (SSSR count). The van der Waals surface area contributed by atoms with E-state index in [1.54, 1.807) is 6.20 Å². The van der Waals surface area contributed by atoms with Crippen molar-refractivity contribution in [1.29, 1.82) is 0 Å². The van der Waals surface area contributed by atoms with Crippen LogP contribution in [-0.4, -0.2) is 15.0 Å². The summed E-state index contributed by atoms with van der Waals surface area (Å²) in [5.41, 5.74) is 1.93. The van der Waals surface area contributed by atoms with Gasteiger partial charge in [-0.2, -0.15) is 0 Å². The highest BCUT2D eigenvalue weighted by Gasteiger charge is 2.08. The first kappa shape index (κ1) is 8.23. The fraction of sp³-hybridized carbons (Fsp3) is 0.0909. The number of fused-ring (bicyclic) bond motifs is 1. The molecule has 0 bridgehead atoms. The van der Waals surface area contributed by atoms with Crippen molar-refractivity contribution in [2.75, 3.05) is 0 Å². The van der Waals surface area contributed by atoms with Gasteiger partial charge in [0.15, 0.2) is 17.5 Å². The molecular formula is C11H9N3O. The molecule has 0 amide bonds. The zero-order valence-corrected chi connectivity index (χ0v) is 8.19. The fourth-order valence-corrected chi connectivity index (χ4v) is 1.54. The molecule has 1 aromatic carbocycles. The van der Waals surface area contributed by atoms with E-state index in [1.807, 2.05) is 31.2 Å². The van der Waals surface area contributed by atoms with Gasteiger partial charge in [-0.3, -0.25) is 0 Å². The number of imidazole rings is 1. The van der Waals surface area contributed by atoms with Gasteiger partial charge in [0.05, 0.1) is 17.2 Å². The van der Waals surface area contributed by atoms with Crippen molar-refractivity contribution in [2.24, 2.45) is 0 Å². The molecule has 0 spiro atoms. The lowest BCUT2D eigenvalue weighted by molar-refractivity contribution is 0.531. The minimum atomic E-state index is 0.644. The maximum atomic E-state index is 5.39. The van der Waals surface area contributed by atoms with E-state index < -0.39 is 0 Å². The van der Waals surface area contributed by atoms with Gasteiger partial charge < -0.3 is 9.40 Å². The second kappa shape index (κ2) is 2.95. The third-order valence-electron chi connectivity index (χ3n) is 2.24. The van der Waals surface area contributed by atoms with Crippen LogP contribution < -0.4 is 0 Å². The topological polar surface area (TPSA) is 54.7 Å². The van der Waals surface area contributed by atoms with E-state index in [4.69, 9.17) is 4.42 Å². The second-order valence-corrected chi connectivity index (χ2v) is 3.35. The average Bonchev–Trinajstić information content (AvgIpc) is 2.82. The Balaban J connectivity index is 2.19. The van der Waals surface area contributed by atoms with E-state index in [-0.39, 0.29) is 0 Å². The van der Waals surface area contributed by atoms with Gasteiger partial charge in [-0.1, -0.05) is 12.1 Å². The number of aromatic nitrogens is 3. The number of benzene rings is 1. The van der Waals surface area contributed by atoms with Crippen molar-refractivity contribution in [3.63, 3.8) is 0 Å². The smallest absolute Gasteiger partial charge is 0.191 e. The summed E-state index contributed by atoms with van der Waals surface area (Å²) in [6.07, 6.45) is 1.67. The number of aryl methyl sites for hydroxylation is 1. The molecule has 0 atom stereocenters. The second-order valence-electron chi connectivity index (χ2n) is 3.35. The maximum absolute atomic E-state index is 5.39. The maximum Gasteiger partial charge on any atom is 0.191 e. The van der Waals surface area contributed by atoms with E-state index in [0.717, 1.165) is 16.9 Å². The van der Waals surface area contributed by atoms with Crippen LogP contribution >= 0.6 is 0 Å². The van der Waals surface area contributed by atoms with E-state index in [0.29, 0.717) is 11.7 Å². The van der Waals surface area contributed by atoms with Crippen molar-refractivity contribution in [3.05, 3.63) is 36.4 Å². The molecule has 74 valence electrons. The fourth-order valence-electron chi connectivity index (χ4n) is 1.54. The predicted octanol–water partition coefficient (Wildman–Crippen LogP) is 2.53. The first-order chi connectivity index (χ1) is 7.33. The predicted molar refractivity (Wildman–Crippen MR) is 56.3 cm³/mol. The zero-order chi connectivity index (χ0) is 10.3. The molecule has 0 unspecified atom stereocenters. The summed E-state index contributed by atoms with van der Waals surface area (Å²) in [6.45, 7) is 1.81. The molecule has 2 aromatic heterocycles. The molecule has 2 heterocycles. The van der Waals surface area contributed by atoms with Crippen LogP contribution in [0.15, 0.2) is 34.9 Å². The summed E-state index contributed by atoms with van der Waals surface area (Å²) in [6, 6.07) is 7.86. The van der Waals surface area contributed by atoms with Crippen LogP contribution in [0.2, 0.25) is 0 Å². The molecule has 0 aliphatic rings. The molecule has 3 aromatic rings. The number of nitrogens with zero attached hydrogens (tertiary/aromatic N) is 2. The summed E-state index contributed by atoms with van der Waals surface area (Å²) < 4.78 is 5.39. The van der Waals surface area contributed by atoms with Crippen LogP contribution in [0.4, 0.5) is 0 Å². The third kappa shape index (κ3) is 1.30. The summed E-state index contributed by atoms with van der Waals surface area (Å²) in [4.78, 5) is 11.6. The molecule has 0 saturated carbocycles. The van der Waals surface area contributed by atoms with E-state index >= 15 is 0 Å². The van der Waals surface area contributed by atoms with Crippen LogP contribution in [0, 0.1) is 6.92 Å². The Morgan fingerprint density at radius 1 is 1.27 bits per heavy atom. The summed E-state index contributed by atoms with van der Waals surface area (Å²) in [5.74, 6) is 2.03. The quantitative estimate of drug-likeness (QED) is 0.655. The molecule has 0 aliphatic carbocycles. The lowest BCUT2D eigenvalue weighted by atomic mass is 10.3. The summed E-state index contributed by atoms with van der Waals surface area (Å²) in [7, 11) is 0. The number of hydrogen-bond acceptors (Lipinski definition) is 3. The summed E-state index contributed by atoms with van der Waals surface area (Å²) >= 11 is 0. The van der Waals surface area contributed by atoms with Gasteiger partial charge in [-0.15, -0.1) is 0 Å². The number of hydrogen-bond donors (Lipinski definition) is 1. The van der Waals surface area contributed by atoms with Crippen molar-refractivity contribution in [3.8, 4) is 11.6 Å². The largest absolute Gasteiger partial charge is 0.438 e. The Kier molecular flexibility index (Phi) is 1.62. The van der Waals surface area contributed by atoms with Crippen molar-refractivity contribution >= 4 is 11.0 Å².